The largest absolute Gasteiger partial charge is 0.508 e. The number of nitrogens with one attached hydrogen (secondary N) is 2. The van der Waals surface area contributed by atoms with E-state index < -0.39 is 11.9 Å². The predicted molar refractivity (Wildman–Crippen MR) is 78.2 cm³/mol. The molecule has 0 aromatic heterocycles. The number of phenols is 1. The molecule has 7 heteroatoms. The number of thiocarbonyl (C=S) groups is 1. The summed E-state index contributed by atoms with van der Waals surface area (Å²) in [7, 11) is 0. The third kappa shape index (κ3) is 5.96. The van der Waals surface area contributed by atoms with Gasteiger partial charge < -0.3 is 15.2 Å². The van der Waals surface area contributed by atoms with Crippen LogP contribution in [0.1, 0.15) is 6.92 Å². The fraction of sp³-hybridized carbons (Fsp3) is 0.154. The number of phenolic OH excluding ortho intramolecular Hbond substituents is 1. The molecule has 1 aromatic rings. The highest BCUT2D eigenvalue weighted by Gasteiger charge is 2.03. The Bertz CT molecular complexity index is 526. The third-order valence-electron chi connectivity index (χ3n) is 2.02. The van der Waals surface area contributed by atoms with E-state index in [1.54, 1.807) is 19.1 Å². The van der Waals surface area contributed by atoms with Crippen LogP contribution in [0.3, 0.4) is 0 Å². The van der Waals surface area contributed by atoms with Gasteiger partial charge in [-0.15, -0.1) is 0 Å². The minimum absolute atomic E-state index is 0.0780. The van der Waals surface area contributed by atoms with Crippen molar-refractivity contribution in [2.45, 2.75) is 6.92 Å². The monoisotopic (exact) mass is 294 g/mol. The first-order valence-electron chi connectivity index (χ1n) is 5.77. The van der Waals surface area contributed by atoms with E-state index >= 15 is 0 Å². The first-order chi connectivity index (χ1) is 9.51. The van der Waals surface area contributed by atoms with Gasteiger partial charge >= 0.3 is 5.97 Å². The number of esters is 1. The van der Waals surface area contributed by atoms with E-state index in [4.69, 9.17) is 17.3 Å². The summed E-state index contributed by atoms with van der Waals surface area (Å²) in [6.07, 6.45) is 2.05. The normalized spacial score (nSPS) is 10.1. The van der Waals surface area contributed by atoms with Gasteiger partial charge in [-0.3, -0.25) is 10.1 Å². The molecular formula is C13H14N2O4S. The number of carbonyl (C=O) groups excluding carboxylic acids is 2. The molecule has 106 valence electrons. The Balaban J connectivity index is 2.44. The molecule has 6 nitrogen and oxygen atoms in total. The SMILES string of the molecule is CCOC(=O)/C=C/C(=O)NC(=S)Nc1ccc(O)cc1. The van der Waals surface area contributed by atoms with Crippen LogP contribution in [0.15, 0.2) is 36.4 Å². The Hall–Kier alpha value is -2.41. The number of anilines is 1. The lowest BCUT2D eigenvalue weighted by atomic mass is 10.3. The van der Waals surface area contributed by atoms with E-state index in [9.17, 15) is 9.59 Å². The molecule has 0 unspecified atom stereocenters. The van der Waals surface area contributed by atoms with Crippen LogP contribution in [0.25, 0.3) is 0 Å². The lowest BCUT2D eigenvalue weighted by molar-refractivity contribution is -0.137. The van der Waals surface area contributed by atoms with Crippen molar-refractivity contribution in [3.05, 3.63) is 36.4 Å². The fourth-order valence-electron chi connectivity index (χ4n) is 1.19. The summed E-state index contributed by atoms with van der Waals surface area (Å²) in [6, 6.07) is 6.16. The predicted octanol–water partition coefficient (Wildman–Crippen LogP) is 1.32. The van der Waals surface area contributed by atoms with Crippen molar-refractivity contribution in [3.63, 3.8) is 0 Å². The van der Waals surface area contributed by atoms with Gasteiger partial charge in [0.1, 0.15) is 5.75 Å². The van der Waals surface area contributed by atoms with Crippen molar-refractivity contribution in [3.8, 4) is 5.75 Å². The topological polar surface area (TPSA) is 87.7 Å². The Morgan fingerprint density at radius 1 is 1.30 bits per heavy atom. The van der Waals surface area contributed by atoms with Crippen LogP contribution < -0.4 is 10.6 Å². The minimum Gasteiger partial charge on any atom is -0.508 e. The minimum atomic E-state index is -0.597. The number of amides is 1. The lowest BCUT2D eigenvalue weighted by Gasteiger charge is -2.07. The molecule has 0 aliphatic rings. The standard InChI is InChI=1S/C13H14N2O4S/c1-2-19-12(18)8-7-11(17)15-13(20)14-9-3-5-10(16)6-4-9/h3-8,16H,2H2,1H3,(H2,14,15,17,20)/b8-7+. The smallest absolute Gasteiger partial charge is 0.330 e. The van der Waals surface area contributed by atoms with Gasteiger partial charge in [0.2, 0.25) is 5.91 Å². The molecule has 1 rings (SSSR count). The lowest BCUT2D eigenvalue weighted by Crippen LogP contribution is -2.32. The fourth-order valence-corrected chi connectivity index (χ4v) is 1.41. The quantitative estimate of drug-likeness (QED) is 0.336. The maximum Gasteiger partial charge on any atom is 0.330 e. The zero-order valence-corrected chi connectivity index (χ0v) is 11.6. The summed E-state index contributed by atoms with van der Waals surface area (Å²) in [5, 5.41) is 14.3. The Morgan fingerprint density at radius 3 is 2.55 bits per heavy atom. The van der Waals surface area contributed by atoms with Crippen LogP contribution in [-0.2, 0) is 14.3 Å². The molecule has 0 saturated heterocycles. The number of aromatic hydroxyl groups is 1. The highest BCUT2D eigenvalue weighted by atomic mass is 32.1. The van der Waals surface area contributed by atoms with Crippen LogP contribution >= 0.6 is 12.2 Å². The highest BCUT2D eigenvalue weighted by Crippen LogP contribution is 2.13. The molecule has 0 bridgehead atoms. The Labute approximate surface area is 121 Å². The molecular weight excluding hydrogens is 280 g/mol. The maximum atomic E-state index is 11.4. The zero-order valence-electron chi connectivity index (χ0n) is 10.8. The van der Waals surface area contributed by atoms with E-state index in [1.807, 2.05) is 0 Å². The number of benzene rings is 1. The second-order valence-electron chi connectivity index (χ2n) is 3.58. The van der Waals surface area contributed by atoms with Gasteiger partial charge in [-0.05, 0) is 43.4 Å². The van der Waals surface area contributed by atoms with Gasteiger partial charge in [0.25, 0.3) is 0 Å². The van der Waals surface area contributed by atoms with Gasteiger partial charge in [0.15, 0.2) is 5.11 Å². The number of hydrogen-bond acceptors (Lipinski definition) is 5. The van der Waals surface area contributed by atoms with E-state index in [2.05, 4.69) is 15.4 Å². The van der Waals surface area contributed by atoms with Crippen LogP contribution in [0.2, 0.25) is 0 Å². The van der Waals surface area contributed by atoms with E-state index in [-0.39, 0.29) is 17.5 Å². The molecule has 0 fully saturated rings. The summed E-state index contributed by atoms with van der Waals surface area (Å²) >= 11 is 4.92. The van der Waals surface area contributed by atoms with Gasteiger partial charge in [0.05, 0.1) is 6.61 Å². The van der Waals surface area contributed by atoms with Crippen molar-refractivity contribution >= 4 is 34.9 Å². The molecule has 3 N–H and O–H groups in total. The van der Waals surface area contributed by atoms with E-state index in [1.165, 1.54) is 12.1 Å². The molecule has 0 spiro atoms. The molecule has 1 aromatic carbocycles. The summed E-state index contributed by atoms with van der Waals surface area (Å²) in [6.45, 7) is 1.91. The van der Waals surface area contributed by atoms with Crippen LogP contribution in [0.5, 0.6) is 5.75 Å². The van der Waals surface area contributed by atoms with Crippen molar-refractivity contribution in [2.75, 3.05) is 11.9 Å². The first-order valence-corrected chi connectivity index (χ1v) is 6.18. The number of hydrogen-bond donors (Lipinski definition) is 3. The van der Waals surface area contributed by atoms with Crippen molar-refractivity contribution in [1.82, 2.24) is 5.32 Å². The summed E-state index contributed by atoms with van der Waals surface area (Å²) in [4.78, 5) is 22.4. The summed E-state index contributed by atoms with van der Waals surface area (Å²) in [5.74, 6) is -1.02. The van der Waals surface area contributed by atoms with Gasteiger partial charge in [-0.1, -0.05) is 0 Å². The number of carbonyl (C=O) groups is 2. The Morgan fingerprint density at radius 2 is 1.95 bits per heavy atom. The van der Waals surface area contributed by atoms with Crippen molar-refractivity contribution in [2.24, 2.45) is 0 Å². The third-order valence-corrected chi connectivity index (χ3v) is 2.22. The number of ether oxygens (including phenoxy) is 1. The zero-order chi connectivity index (χ0) is 15.0. The van der Waals surface area contributed by atoms with E-state index in [0.717, 1.165) is 12.2 Å². The second-order valence-corrected chi connectivity index (χ2v) is 3.98. The maximum absolute atomic E-state index is 11.4. The van der Waals surface area contributed by atoms with Crippen molar-refractivity contribution < 1.29 is 19.4 Å². The van der Waals surface area contributed by atoms with Crippen LogP contribution in [0, 0.1) is 0 Å². The average molecular weight is 294 g/mol. The second kappa shape index (κ2) is 7.90. The molecule has 0 atom stereocenters. The van der Waals surface area contributed by atoms with Gasteiger partial charge in [-0.25, -0.2) is 4.79 Å². The van der Waals surface area contributed by atoms with Gasteiger partial charge in [-0.2, -0.15) is 0 Å². The van der Waals surface area contributed by atoms with Crippen LogP contribution in [-0.4, -0.2) is 28.7 Å². The molecule has 0 radical (unpaired) electrons. The molecule has 0 aliphatic heterocycles. The molecule has 20 heavy (non-hydrogen) atoms. The number of rotatable bonds is 4. The Kier molecular flexibility index (Phi) is 6.18. The van der Waals surface area contributed by atoms with Crippen LogP contribution in [0.4, 0.5) is 5.69 Å². The molecule has 1 amide bonds. The molecule has 0 saturated carbocycles. The summed E-state index contributed by atoms with van der Waals surface area (Å²) in [5.41, 5.74) is 0.613. The van der Waals surface area contributed by atoms with E-state index in [0.29, 0.717) is 5.69 Å². The van der Waals surface area contributed by atoms with Gasteiger partial charge in [0, 0.05) is 17.8 Å². The molecule has 0 aliphatic carbocycles. The average Bonchev–Trinajstić information content (AvgIpc) is 2.39. The first kappa shape index (κ1) is 15.6. The van der Waals surface area contributed by atoms with Crippen molar-refractivity contribution in [1.29, 1.82) is 0 Å². The summed E-state index contributed by atoms with van der Waals surface area (Å²) < 4.78 is 4.63. The molecule has 0 heterocycles. The highest BCUT2D eigenvalue weighted by molar-refractivity contribution is 7.80.